The van der Waals surface area contributed by atoms with Crippen LogP contribution in [-0.4, -0.2) is 82.9 Å². The predicted octanol–water partition coefficient (Wildman–Crippen LogP) is 6.37. The van der Waals surface area contributed by atoms with Gasteiger partial charge in [-0.1, -0.05) is 70.7 Å². The normalized spacial score (nSPS) is 16.1. The van der Waals surface area contributed by atoms with Gasteiger partial charge in [0.25, 0.3) is 0 Å². The molecule has 0 radical (unpaired) electrons. The highest BCUT2D eigenvalue weighted by Gasteiger charge is 2.30. The lowest BCUT2D eigenvalue weighted by molar-refractivity contribution is -0.142. The Bertz CT molecular complexity index is 1880. The molecule has 0 aromatic carbocycles. The van der Waals surface area contributed by atoms with Crippen molar-refractivity contribution in [1.82, 2.24) is 30.2 Å². The number of nitriles is 1. The molecule has 1 N–H and O–H groups in total. The van der Waals surface area contributed by atoms with Crippen LogP contribution in [0, 0.1) is 11.3 Å². The summed E-state index contributed by atoms with van der Waals surface area (Å²) in [6, 6.07) is 15.7. The van der Waals surface area contributed by atoms with Crippen LogP contribution in [0.5, 0.6) is 0 Å². The summed E-state index contributed by atoms with van der Waals surface area (Å²) in [5, 5.41) is 13.1. The molecule has 6 rings (SSSR count). The van der Waals surface area contributed by atoms with Gasteiger partial charge in [0.05, 0.1) is 50.9 Å². The number of esters is 2. The van der Waals surface area contributed by atoms with Gasteiger partial charge in [-0.25, -0.2) is 19.9 Å². The summed E-state index contributed by atoms with van der Waals surface area (Å²) in [5.41, 5.74) is 3.34. The highest BCUT2D eigenvalue weighted by atomic mass is 35.5. The van der Waals surface area contributed by atoms with E-state index in [-0.39, 0.29) is 42.5 Å². The molecule has 2 aliphatic heterocycles. The van der Waals surface area contributed by atoms with E-state index in [1.54, 1.807) is 59.9 Å². The number of nitrogens with one attached hydrogen (secondary N) is 1. The van der Waals surface area contributed by atoms with E-state index in [2.05, 4.69) is 34.7 Å². The molecule has 54 heavy (non-hydrogen) atoms. The number of nitrogens with zero attached hydrogens (tertiary/aromatic N) is 6. The Morgan fingerprint density at radius 1 is 0.815 bits per heavy atom. The molecule has 17 heteroatoms. The highest BCUT2D eigenvalue weighted by Crippen LogP contribution is 2.27. The van der Waals surface area contributed by atoms with E-state index in [1.165, 1.54) is 20.4 Å². The van der Waals surface area contributed by atoms with E-state index in [0.29, 0.717) is 26.2 Å². The topological polar surface area (TPSA) is 177 Å². The number of carbonyl (C=O) groups is 4. The van der Waals surface area contributed by atoms with Gasteiger partial charge in [0.1, 0.15) is 20.6 Å². The van der Waals surface area contributed by atoms with Gasteiger partial charge < -0.3 is 19.7 Å². The summed E-state index contributed by atoms with van der Waals surface area (Å²) in [5.74, 6) is -1.11. The Morgan fingerprint density at radius 2 is 1.37 bits per heavy atom. The molecule has 4 aromatic rings. The fraction of sp³-hybridized carbons (Fsp3) is 0.324. The number of carbonyl (C=O) groups excluding carboxylic acids is 4. The first kappa shape index (κ1) is 43.5. The Morgan fingerprint density at radius 3 is 1.78 bits per heavy atom. The first-order valence-corrected chi connectivity index (χ1v) is 17.9. The number of halogens is 4. The number of aromatic nitrogens is 4. The molecule has 3 atom stereocenters. The second kappa shape index (κ2) is 22.4. The minimum atomic E-state index is -0.593. The Kier molecular flexibility index (Phi) is 18.0. The van der Waals surface area contributed by atoms with Crippen LogP contribution in [0.15, 0.2) is 73.3 Å². The van der Waals surface area contributed by atoms with E-state index in [0.717, 1.165) is 42.6 Å². The van der Waals surface area contributed by atoms with Crippen LogP contribution in [0.4, 0.5) is 0 Å². The summed E-state index contributed by atoms with van der Waals surface area (Å²) in [4.78, 5) is 62.4. The van der Waals surface area contributed by atoms with Crippen molar-refractivity contribution >= 4 is 70.2 Å². The fourth-order valence-corrected chi connectivity index (χ4v) is 5.59. The van der Waals surface area contributed by atoms with E-state index in [1.807, 2.05) is 25.2 Å². The van der Waals surface area contributed by atoms with E-state index >= 15 is 0 Å². The number of hydrogen-bond donors (Lipinski definition) is 1. The van der Waals surface area contributed by atoms with Crippen LogP contribution in [0.25, 0.3) is 0 Å². The maximum atomic E-state index is 11.7. The number of hydrogen-bond acceptors (Lipinski definition) is 11. The van der Waals surface area contributed by atoms with Gasteiger partial charge in [-0.15, -0.1) is 0 Å². The summed E-state index contributed by atoms with van der Waals surface area (Å²) in [6.07, 6.45) is 8.40. The molecule has 284 valence electrons. The number of likely N-dealkylation sites (N-methyl/N-ethyl adjacent to an activating group) is 1. The molecule has 2 fully saturated rings. The second-order valence-corrected chi connectivity index (χ2v) is 13.2. The predicted molar refractivity (Wildman–Crippen MR) is 203 cm³/mol. The highest BCUT2D eigenvalue weighted by molar-refractivity contribution is 6.30. The van der Waals surface area contributed by atoms with Crippen molar-refractivity contribution in [2.75, 3.05) is 34.4 Å². The average Bonchev–Trinajstić information content (AvgIpc) is 3.76. The van der Waals surface area contributed by atoms with Gasteiger partial charge in [-0.2, -0.15) is 5.26 Å². The smallest absolute Gasteiger partial charge is 0.314 e. The van der Waals surface area contributed by atoms with Crippen LogP contribution >= 0.6 is 46.4 Å². The third kappa shape index (κ3) is 13.8. The van der Waals surface area contributed by atoms with Crippen molar-refractivity contribution in [3.63, 3.8) is 0 Å². The molecule has 0 spiro atoms. The molecule has 2 aliphatic rings. The fourth-order valence-electron chi connectivity index (χ4n) is 5.14. The quantitative estimate of drug-likeness (QED) is 0.162. The SMILES string of the molecule is CN1CCC(c2ccc(Cl)nc2)C1=O.COC(=O)C(CC#N)c1ccc(Cl)nc1.COC(=O)Cc1ccc(Cl)nc1.O=C1NCCC1c1ccc(Cl)nc1. The molecule has 3 unspecified atom stereocenters. The summed E-state index contributed by atoms with van der Waals surface area (Å²) >= 11 is 22.5. The van der Waals surface area contributed by atoms with Crippen molar-refractivity contribution < 1.29 is 28.7 Å². The maximum absolute atomic E-state index is 11.7. The van der Waals surface area contributed by atoms with E-state index in [4.69, 9.17) is 51.7 Å². The number of pyridine rings is 4. The molecule has 6 heterocycles. The van der Waals surface area contributed by atoms with Gasteiger partial charge in [-0.3, -0.25) is 19.2 Å². The number of rotatable bonds is 7. The molecule has 2 saturated heterocycles. The van der Waals surface area contributed by atoms with Crippen molar-refractivity contribution in [2.45, 2.75) is 43.4 Å². The zero-order chi connectivity index (χ0) is 39.6. The van der Waals surface area contributed by atoms with Gasteiger partial charge in [0.15, 0.2) is 0 Å². The van der Waals surface area contributed by atoms with Crippen LogP contribution in [-0.2, 0) is 35.1 Å². The van der Waals surface area contributed by atoms with Crippen LogP contribution in [0.3, 0.4) is 0 Å². The average molecular weight is 818 g/mol. The number of ether oxygens (including phenoxy) is 2. The van der Waals surface area contributed by atoms with Crippen LogP contribution in [0.2, 0.25) is 20.6 Å². The first-order valence-electron chi connectivity index (χ1n) is 16.4. The molecule has 0 saturated carbocycles. The van der Waals surface area contributed by atoms with Gasteiger partial charge >= 0.3 is 11.9 Å². The number of amides is 2. The molecule has 13 nitrogen and oxygen atoms in total. The largest absolute Gasteiger partial charge is 0.469 e. The molecule has 4 aromatic heterocycles. The van der Waals surface area contributed by atoms with Crippen molar-refractivity contribution in [2.24, 2.45) is 0 Å². The zero-order valence-corrected chi connectivity index (χ0v) is 32.6. The Balaban J connectivity index is 0.000000194. The molecule has 0 aliphatic carbocycles. The van der Waals surface area contributed by atoms with Gasteiger partial charge in [0.2, 0.25) is 11.8 Å². The first-order chi connectivity index (χ1) is 25.9. The molecular formula is C37H37Cl4N7O6. The number of likely N-dealkylation sites (tertiary alicyclic amines) is 1. The minimum Gasteiger partial charge on any atom is -0.469 e. The lowest BCUT2D eigenvalue weighted by Gasteiger charge is -2.10. The van der Waals surface area contributed by atoms with Crippen molar-refractivity contribution in [3.05, 3.63) is 116 Å². The van der Waals surface area contributed by atoms with E-state index in [9.17, 15) is 19.2 Å². The standard InChI is InChI=1S/C10H9ClN2O2.C10H11ClN2O.C9H9ClN2O.C8H8ClNO2/c1-15-10(14)8(4-5-12)7-2-3-9(11)13-6-7;1-13-5-4-8(10(13)14)7-2-3-9(11)12-6-7;10-8-2-1-6(5-12-8)7-3-4-11-9(7)13;1-12-8(11)4-6-2-3-7(9)10-5-6/h2-3,6,8H,4H2,1H3;2-3,6,8H,4-5H2,1H3;1-2,5,7H,3-4H2,(H,11,13);2-3,5H,4H2,1H3. The third-order valence-electron chi connectivity index (χ3n) is 8.08. The second-order valence-electron chi connectivity index (χ2n) is 11.7. The zero-order valence-electron chi connectivity index (χ0n) is 29.5. The van der Waals surface area contributed by atoms with Gasteiger partial charge in [-0.05, 0) is 59.4 Å². The van der Waals surface area contributed by atoms with Crippen LogP contribution < -0.4 is 5.32 Å². The maximum Gasteiger partial charge on any atom is 0.314 e. The monoisotopic (exact) mass is 815 g/mol. The van der Waals surface area contributed by atoms with Crippen molar-refractivity contribution in [1.29, 1.82) is 5.26 Å². The molecule has 2 amide bonds. The number of methoxy groups -OCH3 is 2. The van der Waals surface area contributed by atoms with E-state index < -0.39 is 11.9 Å². The summed E-state index contributed by atoms with van der Waals surface area (Å²) in [7, 11) is 4.47. The summed E-state index contributed by atoms with van der Waals surface area (Å²) in [6.45, 7) is 1.58. The van der Waals surface area contributed by atoms with Gasteiger partial charge in [0, 0.05) is 44.9 Å². The Labute approximate surface area is 332 Å². The lowest BCUT2D eigenvalue weighted by Crippen LogP contribution is -2.21. The molecular weight excluding hydrogens is 780 g/mol. The lowest BCUT2D eigenvalue weighted by atomic mass is 9.98. The van der Waals surface area contributed by atoms with Crippen LogP contribution in [0.1, 0.15) is 59.3 Å². The third-order valence-corrected chi connectivity index (χ3v) is 8.97. The van der Waals surface area contributed by atoms with Crippen molar-refractivity contribution in [3.8, 4) is 6.07 Å². The molecule has 0 bridgehead atoms. The Hall–Kier alpha value is -4.87. The summed E-state index contributed by atoms with van der Waals surface area (Å²) < 4.78 is 9.08. The minimum absolute atomic E-state index is 0.0234.